The van der Waals surface area contributed by atoms with Gasteiger partial charge in [0.1, 0.15) is 5.00 Å². The predicted molar refractivity (Wildman–Crippen MR) is 50.3 cm³/mol. The number of thiophene rings is 1. The van der Waals surface area contributed by atoms with Crippen LogP contribution >= 0.6 is 11.3 Å². The standard InChI is InChI=1S/C8H9NO3S/c1-4-3-13-7(9-5(2)10)6(4)8(11)12/h3H,1-2H3,(H,9,10)(H,11,12). The second kappa shape index (κ2) is 3.57. The molecule has 0 aliphatic heterocycles. The topological polar surface area (TPSA) is 66.4 Å². The molecule has 13 heavy (non-hydrogen) atoms. The summed E-state index contributed by atoms with van der Waals surface area (Å²) in [6, 6.07) is 0. The number of carbonyl (C=O) groups excluding carboxylic acids is 1. The minimum absolute atomic E-state index is 0.181. The molecule has 0 radical (unpaired) electrons. The lowest BCUT2D eigenvalue weighted by Gasteiger charge is -1.99. The van der Waals surface area contributed by atoms with Gasteiger partial charge in [0, 0.05) is 6.92 Å². The number of hydrogen-bond acceptors (Lipinski definition) is 3. The summed E-state index contributed by atoms with van der Waals surface area (Å²) in [7, 11) is 0. The summed E-state index contributed by atoms with van der Waals surface area (Å²) in [6.45, 7) is 3.05. The van der Waals surface area contributed by atoms with Gasteiger partial charge in [0.05, 0.1) is 5.56 Å². The van der Waals surface area contributed by atoms with E-state index in [1.54, 1.807) is 12.3 Å². The van der Waals surface area contributed by atoms with E-state index in [1.165, 1.54) is 18.3 Å². The van der Waals surface area contributed by atoms with Crippen LogP contribution in [0.25, 0.3) is 0 Å². The van der Waals surface area contributed by atoms with Gasteiger partial charge in [-0.3, -0.25) is 4.79 Å². The third kappa shape index (κ3) is 2.06. The first-order valence-corrected chi connectivity index (χ1v) is 4.49. The maximum absolute atomic E-state index is 10.7. The summed E-state index contributed by atoms with van der Waals surface area (Å²) >= 11 is 1.22. The van der Waals surface area contributed by atoms with Gasteiger partial charge in [0.2, 0.25) is 5.91 Å². The van der Waals surface area contributed by atoms with Crippen LogP contribution in [0.5, 0.6) is 0 Å². The minimum atomic E-state index is -1.01. The van der Waals surface area contributed by atoms with Gasteiger partial charge in [-0.25, -0.2) is 4.79 Å². The van der Waals surface area contributed by atoms with Crippen LogP contribution in [-0.4, -0.2) is 17.0 Å². The largest absolute Gasteiger partial charge is 0.478 e. The second-order valence-electron chi connectivity index (χ2n) is 2.61. The van der Waals surface area contributed by atoms with Gasteiger partial charge in [-0.2, -0.15) is 0 Å². The Bertz CT molecular complexity index is 356. The SMILES string of the molecule is CC(=O)Nc1scc(C)c1C(=O)O. The van der Waals surface area contributed by atoms with Crippen molar-refractivity contribution >= 4 is 28.2 Å². The molecule has 1 aromatic heterocycles. The van der Waals surface area contributed by atoms with E-state index >= 15 is 0 Å². The number of carboxylic acid groups (broad SMARTS) is 1. The highest BCUT2D eigenvalue weighted by atomic mass is 32.1. The van der Waals surface area contributed by atoms with Crippen molar-refractivity contribution in [1.29, 1.82) is 0 Å². The molecule has 0 saturated heterocycles. The van der Waals surface area contributed by atoms with E-state index in [0.717, 1.165) is 0 Å². The number of carbonyl (C=O) groups is 2. The molecule has 0 spiro atoms. The van der Waals surface area contributed by atoms with Crippen molar-refractivity contribution in [2.45, 2.75) is 13.8 Å². The van der Waals surface area contributed by atoms with Gasteiger partial charge < -0.3 is 10.4 Å². The average Bonchev–Trinajstić information content (AvgIpc) is 2.30. The van der Waals surface area contributed by atoms with Crippen LogP contribution in [0.3, 0.4) is 0 Å². The molecule has 0 aromatic carbocycles. The lowest BCUT2D eigenvalue weighted by Crippen LogP contribution is -2.08. The molecule has 1 rings (SSSR count). The first-order valence-electron chi connectivity index (χ1n) is 3.61. The second-order valence-corrected chi connectivity index (χ2v) is 3.49. The van der Waals surface area contributed by atoms with Gasteiger partial charge in [-0.15, -0.1) is 11.3 Å². The minimum Gasteiger partial charge on any atom is -0.478 e. The Hall–Kier alpha value is -1.36. The van der Waals surface area contributed by atoms with Crippen molar-refractivity contribution in [1.82, 2.24) is 0 Å². The number of carboxylic acids is 1. The number of aromatic carboxylic acids is 1. The van der Waals surface area contributed by atoms with Crippen molar-refractivity contribution < 1.29 is 14.7 Å². The third-order valence-corrected chi connectivity index (χ3v) is 2.49. The van der Waals surface area contributed by atoms with Crippen LogP contribution in [0.1, 0.15) is 22.8 Å². The van der Waals surface area contributed by atoms with E-state index in [2.05, 4.69) is 5.32 Å². The van der Waals surface area contributed by atoms with E-state index in [-0.39, 0.29) is 11.5 Å². The van der Waals surface area contributed by atoms with E-state index in [0.29, 0.717) is 10.6 Å². The molecule has 0 atom stereocenters. The van der Waals surface area contributed by atoms with Crippen LogP contribution in [0.4, 0.5) is 5.00 Å². The molecule has 1 aromatic rings. The molecule has 4 nitrogen and oxygen atoms in total. The molecule has 0 saturated carbocycles. The number of rotatable bonds is 2. The van der Waals surface area contributed by atoms with Crippen LogP contribution in [-0.2, 0) is 4.79 Å². The Morgan fingerprint density at radius 1 is 1.54 bits per heavy atom. The van der Waals surface area contributed by atoms with Crippen molar-refractivity contribution in [2.75, 3.05) is 5.32 Å². The van der Waals surface area contributed by atoms with Gasteiger partial charge in [0.25, 0.3) is 0 Å². The summed E-state index contributed by atoms with van der Waals surface area (Å²) in [4.78, 5) is 21.4. The van der Waals surface area contributed by atoms with Gasteiger partial charge >= 0.3 is 5.97 Å². The fourth-order valence-electron chi connectivity index (χ4n) is 0.962. The smallest absolute Gasteiger partial charge is 0.338 e. The third-order valence-electron chi connectivity index (χ3n) is 1.48. The zero-order valence-electron chi connectivity index (χ0n) is 7.25. The molecule has 2 N–H and O–H groups in total. The fourth-order valence-corrected chi connectivity index (χ4v) is 1.94. The summed E-state index contributed by atoms with van der Waals surface area (Å²) in [5, 5.41) is 13.4. The van der Waals surface area contributed by atoms with Gasteiger partial charge in [0.15, 0.2) is 0 Å². The highest BCUT2D eigenvalue weighted by Gasteiger charge is 2.15. The normalized spacial score (nSPS) is 9.69. The summed E-state index contributed by atoms with van der Waals surface area (Å²) < 4.78 is 0. The van der Waals surface area contributed by atoms with Crippen molar-refractivity contribution in [3.8, 4) is 0 Å². The van der Waals surface area contributed by atoms with E-state index in [9.17, 15) is 9.59 Å². The molecular formula is C8H9NO3S. The number of nitrogens with one attached hydrogen (secondary N) is 1. The Morgan fingerprint density at radius 3 is 2.62 bits per heavy atom. The quantitative estimate of drug-likeness (QED) is 0.762. The van der Waals surface area contributed by atoms with Crippen molar-refractivity contribution in [3.63, 3.8) is 0 Å². The van der Waals surface area contributed by atoms with Crippen LogP contribution < -0.4 is 5.32 Å². The molecular weight excluding hydrogens is 190 g/mol. The number of anilines is 1. The molecule has 0 fully saturated rings. The Kier molecular flexibility index (Phi) is 2.67. The van der Waals surface area contributed by atoms with Crippen molar-refractivity contribution in [2.24, 2.45) is 0 Å². The Labute approximate surface area is 79.2 Å². The lowest BCUT2D eigenvalue weighted by molar-refractivity contribution is -0.114. The molecule has 1 amide bonds. The Morgan fingerprint density at radius 2 is 2.15 bits per heavy atom. The van der Waals surface area contributed by atoms with Crippen LogP contribution in [0.15, 0.2) is 5.38 Å². The summed E-state index contributed by atoms with van der Waals surface area (Å²) in [5.41, 5.74) is 0.849. The van der Waals surface area contributed by atoms with Crippen molar-refractivity contribution in [3.05, 3.63) is 16.5 Å². The van der Waals surface area contributed by atoms with Crippen LogP contribution in [0.2, 0.25) is 0 Å². The highest BCUT2D eigenvalue weighted by molar-refractivity contribution is 7.15. The fraction of sp³-hybridized carbons (Fsp3) is 0.250. The zero-order chi connectivity index (χ0) is 10.0. The molecule has 70 valence electrons. The maximum Gasteiger partial charge on any atom is 0.338 e. The first-order chi connectivity index (χ1) is 6.02. The number of hydrogen-bond donors (Lipinski definition) is 2. The summed E-state index contributed by atoms with van der Waals surface area (Å²) in [6.07, 6.45) is 0. The van der Waals surface area contributed by atoms with Gasteiger partial charge in [-0.1, -0.05) is 0 Å². The van der Waals surface area contributed by atoms with E-state index in [1.807, 2.05) is 0 Å². The van der Waals surface area contributed by atoms with Crippen LogP contribution in [0, 0.1) is 6.92 Å². The predicted octanol–water partition coefficient (Wildman–Crippen LogP) is 1.71. The van der Waals surface area contributed by atoms with Gasteiger partial charge in [-0.05, 0) is 17.9 Å². The maximum atomic E-state index is 10.7. The molecule has 0 bridgehead atoms. The molecule has 1 heterocycles. The summed E-state index contributed by atoms with van der Waals surface area (Å²) in [5.74, 6) is -1.27. The molecule has 5 heteroatoms. The monoisotopic (exact) mass is 199 g/mol. The lowest BCUT2D eigenvalue weighted by atomic mass is 10.2. The molecule has 0 aliphatic rings. The zero-order valence-corrected chi connectivity index (χ0v) is 8.07. The Balaban J connectivity index is 3.07. The number of aryl methyl sites for hydroxylation is 1. The molecule has 0 aliphatic carbocycles. The molecule has 0 unspecified atom stereocenters. The average molecular weight is 199 g/mol. The number of amides is 1. The highest BCUT2D eigenvalue weighted by Crippen LogP contribution is 2.27. The first kappa shape index (κ1) is 9.73. The van der Waals surface area contributed by atoms with E-state index < -0.39 is 5.97 Å². The van der Waals surface area contributed by atoms with E-state index in [4.69, 9.17) is 5.11 Å².